The van der Waals surface area contributed by atoms with Gasteiger partial charge in [0.2, 0.25) is 0 Å². The van der Waals surface area contributed by atoms with E-state index in [0.29, 0.717) is 0 Å². The Morgan fingerprint density at radius 3 is 1.86 bits per heavy atom. The quantitative estimate of drug-likeness (QED) is 0.438. The molecule has 0 amide bonds. The van der Waals surface area contributed by atoms with E-state index in [1.54, 1.807) is 0 Å². The van der Waals surface area contributed by atoms with Gasteiger partial charge in [0.15, 0.2) is 0 Å². The molecule has 0 unspecified atom stereocenters. The average molecular weight is 95.2 g/mol. The molecular formula is C7H11. The largest absolute Gasteiger partial charge is 0.0958 e. The topological polar surface area (TPSA) is 0 Å². The fraction of sp³-hybridized carbons (Fsp3) is 0.429. The zero-order valence-corrected chi connectivity index (χ0v) is 5.21. The van der Waals surface area contributed by atoms with E-state index in [1.165, 1.54) is 0 Å². The van der Waals surface area contributed by atoms with Gasteiger partial charge in [-0.2, -0.15) is 0 Å². The van der Waals surface area contributed by atoms with E-state index in [9.17, 15) is 0 Å². The fourth-order valence-electron chi connectivity index (χ4n) is 0.213. The first-order valence-corrected chi connectivity index (χ1v) is 2.35. The Kier molecular flexibility index (Phi) is 2.42. The average Bonchev–Trinajstić information content (AvgIpc) is 1.65. The predicted molar refractivity (Wildman–Crippen MR) is 32.9 cm³/mol. The van der Waals surface area contributed by atoms with Crippen LogP contribution in [0, 0.1) is 6.08 Å². The van der Waals surface area contributed by atoms with Gasteiger partial charge in [0.25, 0.3) is 0 Å². The summed E-state index contributed by atoms with van der Waals surface area (Å²) in [6, 6.07) is 0. The lowest BCUT2D eigenvalue weighted by Crippen LogP contribution is -1.72. The van der Waals surface area contributed by atoms with Gasteiger partial charge in [-0.25, -0.2) is 0 Å². The van der Waals surface area contributed by atoms with Crippen molar-refractivity contribution in [1.29, 1.82) is 0 Å². The lowest BCUT2D eigenvalue weighted by atomic mass is 10.2. The van der Waals surface area contributed by atoms with Crippen LogP contribution in [0.15, 0.2) is 17.7 Å². The molecule has 0 N–H and O–H groups in total. The summed E-state index contributed by atoms with van der Waals surface area (Å²) >= 11 is 0. The van der Waals surface area contributed by atoms with Crippen LogP contribution in [0.2, 0.25) is 0 Å². The molecule has 39 valence electrons. The van der Waals surface area contributed by atoms with Crippen LogP contribution in [0.4, 0.5) is 0 Å². The SMILES string of the molecule is C=C(C)C(C)=[C]C. The first-order chi connectivity index (χ1) is 3.18. The minimum Gasteiger partial charge on any atom is -0.0958 e. The summed E-state index contributed by atoms with van der Waals surface area (Å²) in [5.74, 6) is 0. The second-order valence-corrected chi connectivity index (χ2v) is 1.66. The molecular weight excluding hydrogens is 84.1 g/mol. The highest BCUT2D eigenvalue weighted by Crippen LogP contribution is 2.01. The summed E-state index contributed by atoms with van der Waals surface area (Å²) in [5.41, 5.74) is 2.25. The molecule has 0 aliphatic carbocycles. The number of rotatable bonds is 1. The van der Waals surface area contributed by atoms with Crippen LogP contribution in [0.25, 0.3) is 0 Å². The molecule has 0 saturated carbocycles. The highest BCUT2D eigenvalue weighted by Gasteiger charge is 1.82. The Bertz CT molecular complexity index is 96.6. The van der Waals surface area contributed by atoms with Crippen LogP contribution < -0.4 is 0 Å². The Balaban J connectivity index is 3.82. The Morgan fingerprint density at radius 1 is 1.43 bits per heavy atom. The first-order valence-electron chi connectivity index (χ1n) is 2.35. The maximum Gasteiger partial charge on any atom is -0.0392 e. The van der Waals surface area contributed by atoms with Gasteiger partial charge in [0.05, 0.1) is 0 Å². The third-order valence-corrected chi connectivity index (χ3v) is 1.02. The molecule has 0 aromatic heterocycles. The molecule has 7 heavy (non-hydrogen) atoms. The molecule has 0 aliphatic heterocycles. The third kappa shape index (κ3) is 2.21. The van der Waals surface area contributed by atoms with Crippen LogP contribution in [-0.2, 0) is 0 Å². The van der Waals surface area contributed by atoms with Crippen molar-refractivity contribution in [2.45, 2.75) is 20.8 Å². The maximum atomic E-state index is 3.73. The van der Waals surface area contributed by atoms with Crippen molar-refractivity contribution >= 4 is 0 Å². The molecule has 0 aromatic rings. The van der Waals surface area contributed by atoms with Gasteiger partial charge in [-0.05, 0) is 32.4 Å². The first kappa shape index (κ1) is 6.48. The zero-order valence-electron chi connectivity index (χ0n) is 5.21. The predicted octanol–water partition coefficient (Wildman–Crippen LogP) is 2.33. The van der Waals surface area contributed by atoms with Gasteiger partial charge in [-0.15, -0.1) is 0 Å². The van der Waals surface area contributed by atoms with Gasteiger partial charge in [-0.3, -0.25) is 0 Å². The molecule has 0 fully saturated rings. The summed E-state index contributed by atoms with van der Waals surface area (Å²) in [6.45, 7) is 9.60. The monoisotopic (exact) mass is 95.1 g/mol. The van der Waals surface area contributed by atoms with Crippen molar-refractivity contribution in [2.75, 3.05) is 0 Å². The Labute approximate surface area is 45.5 Å². The zero-order chi connectivity index (χ0) is 5.86. The molecule has 0 heteroatoms. The second-order valence-electron chi connectivity index (χ2n) is 1.66. The van der Waals surface area contributed by atoms with Crippen LogP contribution in [0.5, 0.6) is 0 Å². The molecule has 0 atom stereocenters. The van der Waals surface area contributed by atoms with Gasteiger partial charge in [-0.1, -0.05) is 12.2 Å². The van der Waals surface area contributed by atoms with Crippen LogP contribution in [0.1, 0.15) is 20.8 Å². The molecule has 0 nitrogen and oxygen atoms in total. The maximum absolute atomic E-state index is 3.73. The highest BCUT2D eigenvalue weighted by atomic mass is 13.9. The molecule has 0 spiro atoms. The molecule has 0 bridgehead atoms. The number of hydrogen-bond donors (Lipinski definition) is 0. The van der Waals surface area contributed by atoms with Gasteiger partial charge >= 0.3 is 0 Å². The van der Waals surface area contributed by atoms with E-state index in [1.807, 2.05) is 20.8 Å². The summed E-state index contributed by atoms with van der Waals surface area (Å²) < 4.78 is 0. The van der Waals surface area contributed by atoms with Crippen LogP contribution >= 0.6 is 0 Å². The van der Waals surface area contributed by atoms with Crippen molar-refractivity contribution in [3.63, 3.8) is 0 Å². The lowest BCUT2D eigenvalue weighted by molar-refractivity contribution is 1.32. The van der Waals surface area contributed by atoms with Crippen molar-refractivity contribution in [2.24, 2.45) is 0 Å². The van der Waals surface area contributed by atoms with E-state index in [4.69, 9.17) is 0 Å². The standard InChI is InChI=1S/C7H11/c1-5-7(4)6(2)3/h2H2,1,3-4H3. The summed E-state index contributed by atoms with van der Waals surface area (Å²) in [7, 11) is 0. The molecule has 0 aliphatic rings. The highest BCUT2D eigenvalue weighted by molar-refractivity contribution is 5.19. The van der Waals surface area contributed by atoms with Crippen molar-refractivity contribution < 1.29 is 0 Å². The van der Waals surface area contributed by atoms with E-state index in [2.05, 4.69) is 12.7 Å². The minimum atomic E-state index is 1.10. The molecule has 0 rings (SSSR count). The normalized spacial score (nSPS) is 11.6. The third-order valence-electron chi connectivity index (χ3n) is 1.02. The summed E-state index contributed by atoms with van der Waals surface area (Å²) in [4.78, 5) is 0. The van der Waals surface area contributed by atoms with Gasteiger partial charge < -0.3 is 0 Å². The van der Waals surface area contributed by atoms with E-state index in [0.717, 1.165) is 11.1 Å². The van der Waals surface area contributed by atoms with Crippen molar-refractivity contribution in [3.8, 4) is 0 Å². The van der Waals surface area contributed by atoms with Crippen molar-refractivity contribution in [1.82, 2.24) is 0 Å². The molecule has 0 heterocycles. The fourth-order valence-corrected chi connectivity index (χ4v) is 0.213. The number of allylic oxidation sites excluding steroid dienone is 3. The summed E-state index contributed by atoms with van der Waals surface area (Å²) in [5, 5.41) is 0. The van der Waals surface area contributed by atoms with Crippen LogP contribution in [-0.4, -0.2) is 0 Å². The molecule has 1 radical (unpaired) electrons. The minimum absolute atomic E-state index is 1.10. The van der Waals surface area contributed by atoms with Gasteiger partial charge in [0, 0.05) is 0 Å². The summed E-state index contributed by atoms with van der Waals surface area (Å²) in [6.07, 6.45) is 2.98. The number of hydrogen-bond acceptors (Lipinski definition) is 0. The Hall–Kier alpha value is -0.520. The van der Waals surface area contributed by atoms with E-state index in [-0.39, 0.29) is 0 Å². The Morgan fingerprint density at radius 2 is 1.86 bits per heavy atom. The molecule has 0 saturated heterocycles. The van der Waals surface area contributed by atoms with E-state index >= 15 is 0 Å². The van der Waals surface area contributed by atoms with Crippen molar-refractivity contribution in [3.05, 3.63) is 23.8 Å². The van der Waals surface area contributed by atoms with Gasteiger partial charge in [0.1, 0.15) is 0 Å². The molecule has 0 aromatic carbocycles. The smallest absolute Gasteiger partial charge is 0.0392 e. The lowest BCUT2D eigenvalue weighted by Gasteiger charge is -1.91. The second kappa shape index (κ2) is 2.62. The van der Waals surface area contributed by atoms with Crippen LogP contribution in [0.3, 0.4) is 0 Å². The van der Waals surface area contributed by atoms with E-state index < -0.39 is 0 Å².